The number of nitrogens with one attached hydrogen (secondary N) is 1. The van der Waals surface area contributed by atoms with E-state index in [0.717, 1.165) is 41.6 Å². The SMILES string of the molecule is CCC[C@@H](Nc1c(CC)cnc2c(C(N)=O)cccc12)c1cccc(OC)c1. The van der Waals surface area contributed by atoms with Gasteiger partial charge in [0, 0.05) is 17.3 Å². The molecule has 1 atom stereocenters. The molecule has 0 unspecified atom stereocenters. The van der Waals surface area contributed by atoms with Crippen molar-refractivity contribution in [2.24, 2.45) is 5.73 Å². The number of carbonyl (C=O) groups is 1. The molecule has 5 nitrogen and oxygen atoms in total. The Morgan fingerprint density at radius 1 is 1.21 bits per heavy atom. The first-order valence-corrected chi connectivity index (χ1v) is 9.69. The second-order valence-electron chi connectivity index (χ2n) is 6.84. The third-order valence-corrected chi connectivity index (χ3v) is 5.01. The molecule has 146 valence electrons. The summed E-state index contributed by atoms with van der Waals surface area (Å²) in [6.45, 7) is 4.28. The van der Waals surface area contributed by atoms with Gasteiger partial charge < -0.3 is 15.8 Å². The van der Waals surface area contributed by atoms with Crippen LogP contribution in [0.3, 0.4) is 0 Å². The van der Waals surface area contributed by atoms with Crippen LogP contribution in [0.5, 0.6) is 5.75 Å². The minimum atomic E-state index is -0.466. The first-order valence-electron chi connectivity index (χ1n) is 9.69. The number of fused-ring (bicyclic) bond motifs is 1. The van der Waals surface area contributed by atoms with Gasteiger partial charge in [-0.25, -0.2) is 0 Å². The maximum Gasteiger partial charge on any atom is 0.250 e. The van der Waals surface area contributed by atoms with E-state index < -0.39 is 5.91 Å². The van der Waals surface area contributed by atoms with Crippen LogP contribution >= 0.6 is 0 Å². The van der Waals surface area contributed by atoms with Crippen molar-refractivity contribution >= 4 is 22.5 Å². The highest BCUT2D eigenvalue weighted by atomic mass is 16.5. The number of methoxy groups -OCH3 is 1. The van der Waals surface area contributed by atoms with Gasteiger partial charge in [0.1, 0.15) is 5.75 Å². The molecule has 0 saturated carbocycles. The van der Waals surface area contributed by atoms with Gasteiger partial charge in [-0.3, -0.25) is 9.78 Å². The van der Waals surface area contributed by atoms with Crippen LogP contribution in [0.15, 0.2) is 48.7 Å². The number of para-hydroxylation sites is 1. The van der Waals surface area contributed by atoms with Crippen LogP contribution in [-0.2, 0) is 6.42 Å². The van der Waals surface area contributed by atoms with E-state index in [1.807, 2.05) is 30.5 Å². The molecule has 0 radical (unpaired) electrons. The summed E-state index contributed by atoms with van der Waals surface area (Å²) in [5.74, 6) is 0.373. The molecule has 0 bridgehead atoms. The highest BCUT2D eigenvalue weighted by Gasteiger charge is 2.17. The fraction of sp³-hybridized carbons (Fsp3) is 0.304. The highest BCUT2D eigenvalue weighted by Crippen LogP contribution is 2.33. The molecular formula is C23H27N3O2. The number of rotatable bonds is 8. The number of pyridine rings is 1. The van der Waals surface area contributed by atoms with Gasteiger partial charge in [0.2, 0.25) is 0 Å². The lowest BCUT2D eigenvalue weighted by Crippen LogP contribution is -2.15. The molecule has 3 aromatic rings. The number of amides is 1. The van der Waals surface area contributed by atoms with Gasteiger partial charge in [0.25, 0.3) is 5.91 Å². The standard InChI is InChI=1S/C23H27N3O2/c1-4-8-20(16-9-6-10-17(13-16)28-3)26-21-15(5-2)14-25-22-18(21)11-7-12-19(22)23(24)27/h6-7,9-14,20H,4-5,8H2,1-3H3,(H2,24,27)(H,25,26)/t20-/m1/s1. The Bertz CT molecular complexity index is 985. The Labute approximate surface area is 165 Å². The zero-order chi connectivity index (χ0) is 20.1. The van der Waals surface area contributed by atoms with Crippen LogP contribution in [0, 0.1) is 0 Å². The minimum Gasteiger partial charge on any atom is -0.497 e. The van der Waals surface area contributed by atoms with Crippen molar-refractivity contribution < 1.29 is 9.53 Å². The molecule has 0 saturated heterocycles. The van der Waals surface area contributed by atoms with Gasteiger partial charge in [-0.15, -0.1) is 0 Å². The van der Waals surface area contributed by atoms with Gasteiger partial charge in [-0.1, -0.05) is 44.5 Å². The summed E-state index contributed by atoms with van der Waals surface area (Å²) in [6.07, 6.45) is 4.68. The molecule has 1 amide bonds. The molecule has 0 aliphatic heterocycles. The first-order chi connectivity index (χ1) is 13.6. The maximum absolute atomic E-state index is 11.8. The number of benzene rings is 2. The number of aromatic nitrogens is 1. The van der Waals surface area contributed by atoms with Crippen LogP contribution in [0.1, 0.15) is 54.2 Å². The lowest BCUT2D eigenvalue weighted by atomic mass is 9.99. The lowest BCUT2D eigenvalue weighted by Gasteiger charge is -2.23. The Morgan fingerprint density at radius 2 is 2.00 bits per heavy atom. The molecule has 0 aliphatic rings. The summed E-state index contributed by atoms with van der Waals surface area (Å²) >= 11 is 0. The molecule has 0 fully saturated rings. The molecule has 1 heterocycles. The van der Waals surface area contributed by atoms with E-state index in [9.17, 15) is 4.79 Å². The number of nitrogens with two attached hydrogens (primary N) is 1. The molecule has 28 heavy (non-hydrogen) atoms. The number of hydrogen-bond donors (Lipinski definition) is 2. The smallest absolute Gasteiger partial charge is 0.250 e. The van der Waals surface area contributed by atoms with Gasteiger partial charge in [-0.05, 0) is 42.2 Å². The van der Waals surface area contributed by atoms with Crippen LogP contribution in [0.2, 0.25) is 0 Å². The largest absolute Gasteiger partial charge is 0.497 e. The summed E-state index contributed by atoms with van der Waals surface area (Å²) < 4.78 is 5.40. The summed E-state index contributed by atoms with van der Waals surface area (Å²) in [7, 11) is 1.68. The minimum absolute atomic E-state index is 0.119. The number of anilines is 1. The van der Waals surface area contributed by atoms with Crippen molar-refractivity contribution in [3.63, 3.8) is 0 Å². The van der Waals surface area contributed by atoms with E-state index in [1.54, 1.807) is 13.2 Å². The topological polar surface area (TPSA) is 77.2 Å². The van der Waals surface area contributed by atoms with Crippen molar-refractivity contribution in [2.45, 2.75) is 39.2 Å². The van der Waals surface area contributed by atoms with Crippen molar-refractivity contribution in [3.05, 3.63) is 65.4 Å². The van der Waals surface area contributed by atoms with E-state index >= 15 is 0 Å². The number of carbonyl (C=O) groups excluding carboxylic acids is 1. The second kappa shape index (κ2) is 8.74. The Balaban J connectivity index is 2.12. The average molecular weight is 377 g/mol. The molecule has 0 aliphatic carbocycles. The predicted octanol–water partition coefficient (Wildman–Crippen LogP) is 4.86. The van der Waals surface area contributed by atoms with Gasteiger partial charge >= 0.3 is 0 Å². The van der Waals surface area contributed by atoms with Crippen molar-refractivity contribution in [3.8, 4) is 5.75 Å². The predicted molar refractivity (Wildman–Crippen MR) is 114 cm³/mol. The number of nitrogens with zero attached hydrogens (tertiary/aromatic N) is 1. The maximum atomic E-state index is 11.8. The molecule has 3 N–H and O–H groups in total. The quantitative estimate of drug-likeness (QED) is 0.588. The number of hydrogen-bond acceptors (Lipinski definition) is 4. The summed E-state index contributed by atoms with van der Waals surface area (Å²) in [5.41, 5.74) is 9.92. The van der Waals surface area contributed by atoms with Gasteiger partial charge in [-0.2, -0.15) is 0 Å². The van der Waals surface area contributed by atoms with E-state index in [1.165, 1.54) is 5.56 Å². The van der Waals surface area contributed by atoms with Crippen LogP contribution < -0.4 is 15.8 Å². The number of ether oxygens (including phenoxy) is 1. The molecule has 3 rings (SSSR count). The second-order valence-corrected chi connectivity index (χ2v) is 6.84. The summed E-state index contributed by atoms with van der Waals surface area (Å²) in [6, 6.07) is 13.8. The van der Waals surface area contributed by atoms with Crippen LogP contribution in [-0.4, -0.2) is 18.0 Å². The third kappa shape index (κ3) is 3.93. The van der Waals surface area contributed by atoms with E-state index in [0.29, 0.717) is 11.1 Å². The van der Waals surface area contributed by atoms with Crippen molar-refractivity contribution in [1.82, 2.24) is 4.98 Å². The fourth-order valence-corrected chi connectivity index (χ4v) is 3.55. The van der Waals surface area contributed by atoms with Gasteiger partial charge in [0.15, 0.2) is 0 Å². The Hall–Kier alpha value is -3.08. The first kappa shape index (κ1) is 19.7. The highest BCUT2D eigenvalue weighted by molar-refractivity contribution is 6.08. The summed E-state index contributed by atoms with van der Waals surface area (Å²) in [4.78, 5) is 16.4. The Morgan fingerprint density at radius 3 is 2.68 bits per heavy atom. The normalized spacial score (nSPS) is 12.0. The Kier molecular flexibility index (Phi) is 6.14. The molecule has 2 aromatic carbocycles. The van der Waals surface area contributed by atoms with E-state index in [4.69, 9.17) is 10.5 Å². The van der Waals surface area contributed by atoms with E-state index in [-0.39, 0.29) is 6.04 Å². The van der Waals surface area contributed by atoms with Crippen molar-refractivity contribution in [2.75, 3.05) is 12.4 Å². The lowest BCUT2D eigenvalue weighted by molar-refractivity contribution is 0.100. The van der Waals surface area contributed by atoms with E-state index in [2.05, 4.69) is 36.3 Å². The third-order valence-electron chi connectivity index (χ3n) is 5.01. The van der Waals surface area contributed by atoms with Crippen LogP contribution in [0.4, 0.5) is 5.69 Å². The van der Waals surface area contributed by atoms with Crippen molar-refractivity contribution in [1.29, 1.82) is 0 Å². The molecule has 5 heteroatoms. The average Bonchev–Trinajstić information content (AvgIpc) is 2.72. The zero-order valence-electron chi connectivity index (χ0n) is 16.7. The van der Waals surface area contributed by atoms with Gasteiger partial charge in [0.05, 0.1) is 24.2 Å². The summed E-state index contributed by atoms with van der Waals surface area (Å²) in [5, 5.41) is 4.64. The number of primary amides is 1. The van der Waals surface area contributed by atoms with Crippen LogP contribution in [0.25, 0.3) is 10.9 Å². The number of aryl methyl sites for hydroxylation is 1. The monoisotopic (exact) mass is 377 g/mol. The molecule has 1 aromatic heterocycles. The molecule has 0 spiro atoms. The zero-order valence-corrected chi connectivity index (χ0v) is 16.7. The fourth-order valence-electron chi connectivity index (χ4n) is 3.55. The molecular weight excluding hydrogens is 350 g/mol.